The monoisotopic (exact) mass is 440 g/mol. The zero-order chi connectivity index (χ0) is 14.9. The molecule has 4 nitrogen and oxygen atoms in total. The molecule has 0 radical (unpaired) electrons. The first-order chi connectivity index (χ1) is 10.3. The topological polar surface area (TPSA) is 39.7 Å². The second-order valence-corrected chi connectivity index (χ2v) is 7.66. The second-order valence-electron chi connectivity index (χ2n) is 6.25. The van der Waals surface area contributed by atoms with Gasteiger partial charge in [0.25, 0.3) is 0 Å². The van der Waals surface area contributed by atoms with Gasteiger partial charge in [0.2, 0.25) is 0 Å². The third kappa shape index (κ3) is 7.25. The van der Waals surface area contributed by atoms with Crippen molar-refractivity contribution >= 4 is 41.7 Å². The number of rotatable bonds is 6. The zero-order valence-corrected chi connectivity index (χ0v) is 17.3. The highest BCUT2D eigenvalue weighted by Crippen LogP contribution is 2.25. The van der Waals surface area contributed by atoms with Gasteiger partial charge in [0.1, 0.15) is 0 Å². The highest BCUT2D eigenvalue weighted by molar-refractivity contribution is 14.0. The Labute approximate surface area is 157 Å². The highest BCUT2D eigenvalue weighted by atomic mass is 127. The van der Waals surface area contributed by atoms with E-state index >= 15 is 0 Å². The SMILES string of the molecule is CN=C(NCCCN1CCCCC1C)NCC1CCCS1.I. The summed E-state index contributed by atoms with van der Waals surface area (Å²) in [6.45, 7) is 6.93. The van der Waals surface area contributed by atoms with Crippen LogP contribution in [0.1, 0.15) is 45.4 Å². The van der Waals surface area contributed by atoms with Gasteiger partial charge in [-0.25, -0.2) is 0 Å². The van der Waals surface area contributed by atoms with Crippen LogP contribution in [0.5, 0.6) is 0 Å². The van der Waals surface area contributed by atoms with Gasteiger partial charge >= 0.3 is 0 Å². The Morgan fingerprint density at radius 1 is 1.23 bits per heavy atom. The molecule has 2 atom stereocenters. The lowest BCUT2D eigenvalue weighted by atomic mass is 10.0. The van der Waals surface area contributed by atoms with E-state index in [9.17, 15) is 0 Å². The third-order valence-electron chi connectivity index (χ3n) is 4.60. The summed E-state index contributed by atoms with van der Waals surface area (Å²) in [5, 5.41) is 7.69. The van der Waals surface area contributed by atoms with Crippen molar-refractivity contribution in [3.05, 3.63) is 0 Å². The van der Waals surface area contributed by atoms with Crippen LogP contribution < -0.4 is 10.6 Å². The van der Waals surface area contributed by atoms with Crippen LogP contribution in [0.3, 0.4) is 0 Å². The molecule has 2 aliphatic rings. The van der Waals surface area contributed by atoms with Gasteiger partial charge in [-0.05, 0) is 51.3 Å². The molecule has 0 spiro atoms. The van der Waals surface area contributed by atoms with Gasteiger partial charge in [-0.3, -0.25) is 4.99 Å². The average molecular weight is 440 g/mol. The van der Waals surface area contributed by atoms with E-state index < -0.39 is 0 Å². The van der Waals surface area contributed by atoms with Crippen molar-refractivity contribution in [2.45, 2.75) is 56.7 Å². The maximum absolute atomic E-state index is 4.32. The molecule has 0 bridgehead atoms. The van der Waals surface area contributed by atoms with E-state index in [2.05, 4.69) is 39.2 Å². The first-order valence-electron chi connectivity index (χ1n) is 8.60. The molecule has 2 aliphatic heterocycles. The fourth-order valence-corrected chi connectivity index (χ4v) is 4.42. The number of nitrogens with one attached hydrogen (secondary N) is 2. The van der Waals surface area contributed by atoms with Gasteiger partial charge in [-0.15, -0.1) is 24.0 Å². The van der Waals surface area contributed by atoms with Gasteiger partial charge in [0.05, 0.1) is 0 Å². The number of guanidine groups is 1. The maximum atomic E-state index is 4.32. The van der Waals surface area contributed by atoms with Gasteiger partial charge < -0.3 is 15.5 Å². The van der Waals surface area contributed by atoms with E-state index in [4.69, 9.17) is 0 Å². The Morgan fingerprint density at radius 2 is 2.09 bits per heavy atom. The summed E-state index contributed by atoms with van der Waals surface area (Å²) >= 11 is 2.09. The first-order valence-corrected chi connectivity index (χ1v) is 9.64. The largest absolute Gasteiger partial charge is 0.356 e. The molecule has 0 aromatic carbocycles. The normalized spacial score (nSPS) is 26.5. The molecule has 130 valence electrons. The van der Waals surface area contributed by atoms with Crippen LogP contribution in [0.25, 0.3) is 0 Å². The molecule has 2 fully saturated rings. The standard InChI is InChI=1S/C16H32N4S.HI/c1-14-7-3-4-10-20(14)11-6-9-18-16(17-2)19-13-15-8-5-12-21-15;/h14-15H,3-13H2,1-2H3,(H2,17,18,19);1H. The lowest BCUT2D eigenvalue weighted by molar-refractivity contribution is 0.159. The molecular formula is C16H33IN4S. The number of hydrogen-bond donors (Lipinski definition) is 2. The molecule has 0 aromatic rings. The molecule has 2 heterocycles. The highest BCUT2D eigenvalue weighted by Gasteiger charge is 2.17. The predicted molar refractivity (Wildman–Crippen MR) is 110 cm³/mol. The summed E-state index contributed by atoms with van der Waals surface area (Å²) < 4.78 is 0. The van der Waals surface area contributed by atoms with Crippen molar-refractivity contribution in [3.8, 4) is 0 Å². The summed E-state index contributed by atoms with van der Waals surface area (Å²) in [4.78, 5) is 6.96. The molecule has 0 saturated carbocycles. The van der Waals surface area contributed by atoms with Crippen LogP contribution in [-0.4, -0.2) is 61.1 Å². The molecule has 2 saturated heterocycles. The number of halogens is 1. The minimum atomic E-state index is 0. The molecule has 22 heavy (non-hydrogen) atoms. The Hall–Kier alpha value is 0.310. The van der Waals surface area contributed by atoms with Crippen LogP contribution in [0.4, 0.5) is 0 Å². The van der Waals surface area contributed by atoms with Gasteiger partial charge in [0, 0.05) is 38.0 Å². The molecular weight excluding hydrogens is 407 g/mol. The van der Waals surface area contributed by atoms with Crippen molar-refractivity contribution in [1.29, 1.82) is 0 Å². The van der Waals surface area contributed by atoms with Gasteiger partial charge in [-0.2, -0.15) is 11.8 Å². The summed E-state index contributed by atoms with van der Waals surface area (Å²) in [6, 6.07) is 0.774. The molecule has 2 unspecified atom stereocenters. The second kappa shape index (κ2) is 11.8. The number of thioether (sulfide) groups is 1. The smallest absolute Gasteiger partial charge is 0.191 e. The van der Waals surface area contributed by atoms with Gasteiger partial charge in [-0.1, -0.05) is 6.42 Å². The van der Waals surface area contributed by atoms with E-state index in [0.717, 1.165) is 30.3 Å². The van der Waals surface area contributed by atoms with E-state index in [1.165, 1.54) is 57.4 Å². The molecule has 0 aromatic heterocycles. The first kappa shape index (κ1) is 20.4. The van der Waals surface area contributed by atoms with E-state index in [1.807, 2.05) is 7.05 Å². The third-order valence-corrected chi connectivity index (χ3v) is 6.00. The Bertz CT molecular complexity index is 321. The number of piperidine rings is 1. The van der Waals surface area contributed by atoms with Crippen molar-refractivity contribution < 1.29 is 0 Å². The Kier molecular flexibility index (Phi) is 10.9. The van der Waals surface area contributed by atoms with Gasteiger partial charge in [0.15, 0.2) is 5.96 Å². The molecule has 2 N–H and O–H groups in total. The maximum Gasteiger partial charge on any atom is 0.191 e. The number of hydrogen-bond acceptors (Lipinski definition) is 3. The van der Waals surface area contributed by atoms with E-state index in [-0.39, 0.29) is 24.0 Å². The summed E-state index contributed by atoms with van der Waals surface area (Å²) in [5.74, 6) is 2.29. The zero-order valence-electron chi connectivity index (χ0n) is 14.1. The molecule has 6 heteroatoms. The van der Waals surface area contributed by atoms with Crippen molar-refractivity contribution in [2.75, 3.05) is 39.0 Å². The summed E-state index contributed by atoms with van der Waals surface area (Å²) in [7, 11) is 1.86. The minimum absolute atomic E-state index is 0. The fraction of sp³-hybridized carbons (Fsp3) is 0.938. The number of aliphatic imine (C=N–C) groups is 1. The van der Waals surface area contributed by atoms with Crippen molar-refractivity contribution in [1.82, 2.24) is 15.5 Å². The van der Waals surface area contributed by atoms with E-state index in [0.29, 0.717) is 0 Å². The number of likely N-dealkylation sites (tertiary alicyclic amines) is 1. The van der Waals surface area contributed by atoms with E-state index in [1.54, 1.807) is 0 Å². The van der Waals surface area contributed by atoms with Crippen LogP contribution in [-0.2, 0) is 0 Å². The molecule has 0 aliphatic carbocycles. The van der Waals surface area contributed by atoms with Crippen LogP contribution in [0, 0.1) is 0 Å². The quantitative estimate of drug-likeness (QED) is 0.289. The average Bonchev–Trinajstić information content (AvgIpc) is 3.01. The number of nitrogens with zero attached hydrogens (tertiary/aromatic N) is 2. The lowest BCUT2D eigenvalue weighted by Gasteiger charge is -2.33. The van der Waals surface area contributed by atoms with Crippen LogP contribution in [0.2, 0.25) is 0 Å². The van der Waals surface area contributed by atoms with Crippen molar-refractivity contribution in [3.63, 3.8) is 0 Å². The van der Waals surface area contributed by atoms with Crippen LogP contribution in [0.15, 0.2) is 4.99 Å². The predicted octanol–water partition coefficient (Wildman–Crippen LogP) is 2.93. The molecule has 2 rings (SSSR count). The Balaban J connectivity index is 0.00000242. The lowest BCUT2D eigenvalue weighted by Crippen LogP contribution is -2.42. The summed E-state index contributed by atoms with van der Waals surface area (Å²) in [5.41, 5.74) is 0. The molecule has 0 amide bonds. The van der Waals surface area contributed by atoms with Crippen molar-refractivity contribution in [2.24, 2.45) is 4.99 Å². The van der Waals surface area contributed by atoms with Crippen LogP contribution >= 0.6 is 35.7 Å². The Morgan fingerprint density at radius 3 is 2.77 bits per heavy atom. The minimum Gasteiger partial charge on any atom is -0.356 e. The fourth-order valence-electron chi connectivity index (χ4n) is 3.22. The summed E-state index contributed by atoms with van der Waals surface area (Å²) in [6.07, 6.45) is 8.07.